The Kier molecular flexibility index (Phi) is 28.2. The second kappa shape index (κ2) is 34.9. The van der Waals surface area contributed by atoms with E-state index in [1.54, 1.807) is 94.1 Å². The summed E-state index contributed by atoms with van der Waals surface area (Å²) in [7, 11) is 4.86. The molecule has 4 aromatic carbocycles. The molecule has 4 rings (SSSR count). The molecule has 0 fully saturated rings. The summed E-state index contributed by atoms with van der Waals surface area (Å²) in [6, 6.07) is 26.8. The number of methoxy groups -OCH3 is 3. The smallest absolute Gasteiger partial charge is 0.251 e. The van der Waals surface area contributed by atoms with E-state index in [0.29, 0.717) is 149 Å². The molecule has 3 N–H and O–H groups in total. The van der Waals surface area contributed by atoms with Gasteiger partial charge in [0, 0.05) is 91.0 Å². The molecule has 15 heteroatoms. The van der Waals surface area contributed by atoms with Crippen LogP contribution >= 0.6 is 0 Å². The molecule has 384 valence electrons. The fourth-order valence-electron chi connectivity index (χ4n) is 6.24. The third-order valence-electron chi connectivity index (χ3n) is 10.3. The fourth-order valence-corrected chi connectivity index (χ4v) is 6.24. The Morgan fingerprint density at radius 2 is 0.597 bits per heavy atom. The molecule has 0 heterocycles. The average molecular weight is 988 g/mol. The Balaban J connectivity index is 1.43. The zero-order valence-corrected chi connectivity index (χ0v) is 42.4. The van der Waals surface area contributed by atoms with Crippen LogP contribution < -0.4 is 16.0 Å². The largest absolute Gasteiger partial charge is 0.382 e. The number of carbonyl (C=O) groups excluding carboxylic acids is 3. The number of amides is 3. The molecule has 15 nitrogen and oxygen atoms in total. The van der Waals surface area contributed by atoms with Crippen LogP contribution in [-0.4, -0.2) is 156 Å². The van der Waals surface area contributed by atoms with Crippen molar-refractivity contribution in [3.8, 4) is 35.5 Å². The lowest BCUT2D eigenvalue weighted by Crippen LogP contribution is -2.32. The number of carbonyl (C=O) groups is 3. The molecule has 4 aromatic rings. The van der Waals surface area contributed by atoms with Gasteiger partial charge < -0.3 is 58.6 Å². The van der Waals surface area contributed by atoms with E-state index in [1.807, 2.05) is 39.0 Å². The second-order valence-electron chi connectivity index (χ2n) is 16.3. The summed E-state index contributed by atoms with van der Waals surface area (Å²) in [6.07, 6.45) is -0.567. The standard InChI is InChI=1S/C57H69N3O12/c1-43(70-34-31-67-28-25-64-4)40-58-55(61)52-19-13-46(14-20-52)7-10-49-37-50(11-8-47-15-21-53(22-16-47)56(62)59-41-44(2)71-35-32-68-29-26-65-5)39-51(38-49)12-9-48-17-23-54(24-18-48)57(63)60-42-45(3)72-36-33-69-30-27-66-6/h13-24,37-39,43-45H,25-36,40-42H2,1-6H3,(H,58,61)(H,59,62)(H,60,63)/t43-,44-,45-/m1/s1. The zero-order chi connectivity index (χ0) is 51.6. The minimum atomic E-state index is -0.217. The summed E-state index contributed by atoms with van der Waals surface area (Å²) in [6.45, 7) is 12.4. The van der Waals surface area contributed by atoms with E-state index in [0.717, 1.165) is 0 Å². The summed E-state index contributed by atoms with van der Waals surface area (Å²) < 4.78 is 48.3. The highest BCUT2D eigenvalue weighted by Gasteiger charge is 2.11. The van der Waals surface area contributed by atoms with Crippen LogP contribution in [0.5, 0.6) is 0 Å². The molecule has 72 heavy (non-hydrogen) atoms. The van der Waals surface area contributed by atoms with Gasteiger partial charge >= 0.3 is 0 Å². The van der Waals surface area contributed by atoms with Crippen molar-refractivity contribution in [2.24, 2.45) is 0 Å². The quantitative estimate of drug-likeness (QED) is 0.0458. The number of benzene rings is 4. The molecule has 3 amide bonds. The summed E-state index contributed by atoms with van der Waals surface area (Å²) >= 11 is 0. The number of ether oxygens (including phenoxy) is 9. The number of hydrogen-bond donors (Lipinski definition) is 3. The van der Waals surface area contributed by atoms with Gasteiger partial charge in [-0.1, -0.05) is 35.5 Å². The van der Waals surface area contributed by atoms with E-state index in [2.05, 4.69) is 51.5 Å². The third-order valence-corrected chi connectivity index (χ3v) is 10.3. The Bertz CT molecular complexity index is 2150. The van der Waals surface area contributed by atoms with Gasteiger partial charge in [-0.2, -0.15) is 0 Å². The van der Waals surface area contributed by atoms with Crippen molar-refractivity contribution in [3.63, 3.8) is 0 Å². The van der Waals surface area contributed by atoms with E-state index in [9.17, 15) is 14.4 Å². The van der Waals surface area contributed by atoms with Gasteiger partial charge in [0.2, 0.25) is 0 Å². The number of rotatable bonds is 30. The maximum Gasteiger partial charge on any atom is 0.251 e. The molecule has 0 saturated carbocycles. The van der Waals surface area contributed by atoms with Crippen molar-refractivity contribution in [2.45, 2.75) is 39.1 Å². The zero-order valence-electron chi connectivity index (χ0n) is 42.4. The molecule has 0 spiro atoms. The van der Waals surface area contributed by atoms with Gasteiger partial charge in [0.15, 0.2) is 0 Å². The summed E-state index contributed by atoms with van der Waals surface area (Å²) in [5.74, 6) is 18.7. The van der Waals surface area contributed by atoms with Gasteiger partial charge in [-0.15, -0.1) is 0 Å². The average Bonchev–Trinajstić information content (AvgIpc) is 3.40. The van der Waals surface area contributed by atoms with Gasteiger partial charge in [-0.3, -0.25) is 14.4 Å². The molecular weight excluding hydrogens is 919 g/mol. The highest BCUT2D eigenvalue weighted by molar-refractivity contribution is 5.95. The molecule has 0 aliphatic heterocycles. The summed E-state index contributed by atoms with van der Waals surface area (Å²) in [5.41, 5.74) is 5.67. The highest BCUT2D eigenvalue weighted by atomic mass is 16.6. The predicted molar refractivity (Wildman–Crippen MR) is 275 cm³/mol. The van der Waals surface area contributed by atoms with Crippen LogP contribution in [0.15, 0.2) is 91.0 Å². The monoisotopic (exact) mass is 987 g/mol. The third kappa shape index (κ3) is 24.2. The second-order valence-corrected chi connectivity index (χ2v) is 16.3. The van der Waals surface area contributed by atoms with Gasteiger partial charge in [-0.25, -0.2) is 0 Å². The van der Waals surface area contributed by atoms with E-state index in [1.165, 1.54) is 0 Å². The molecule has 0 aliphatic rings. The highest BCUT2D eigenvalue weighted by Crippen LogP contribution is 2.12. The van der Waals surface area contributed by atoms with Crippen LogP contribution in [-0.2, 0) is 42.6 Å². The van der Waals surface area contributed by atoms with E-state index in [4.69, 9.17) is 42.6 Å². The molecule has 0 radical (unpaired) electrons. The molecule has 0 aliphatic carbocycles. The molecular formula is C57H69N3O12. The van der Waals surface area contributed by atoms with Crippen molar-refractivity contribution in [2.75, 3.05) is 120 Å². The van der Waals surface area contributed by atoms with Crippen LogP contribution in [0, 0.1) is 35.5 Å². The van der Waals surface area contributed by atoms with Crippen molar-refractivity contribution < 1.29 is 57.0 Å². The van der Waals surface area contributed by atoms with Crippen molar-refractivity contribution in [3.05, 3.63) is 141 Å². The maximum atomic E-state index is 12.9. The van der Waals surface area contributed by atoms with E-state index >= 15 is 0 Å². The topological polar surface area (TPSA) is 170 Å². The minimum Gasteiger partial charge on any atom is -0.382 e. The Hall–Kier alpha value is -6.39. The van der Waals surface area contributed by atoms with Gasteiger partial charge in [0.1, 0.15) is 0 Å². The van der Waals surface area contributed by atoms with Gasteiger partial charge in [-0.05, 0) is 112 Å². The number of hydrogen-bond acceptors (Lipinski definition) is 12. The first-order valence-corrected chi connectivity index (χ1v) is 24.0. The minimum absolute atomic E-state index is 0.189. The predicted octanol–water partition coefficient (Wildman–Crippen LogP) is 5.28. The molecule has 0 aromatic heterocycles. The number of nitrogens with one attached hydrogen (secondary N) is 3. The Morgan fingerprint density at radius 3 is 0.847 bits per heavy atom. The Labute approximate surface area is 425 Å². The van der Waals surface area contributed by atoms with Crippen LogP contribution in [0.3, 0.4) is 0 Å². The molecule has 0 bridgehead atoms. The summed E-state index contributed by atoms with van der Waals surface area (Å²) in [4.78, 5) is 38.6. The maximum absolute atomic E-state index is 12.9. The van der Waals surface area contributed by atoms with Crippen molar-refractivity contribution in [1.29, 1.82) is 0 Å². The molecule has 0 saturated heterocycles. The van der Waals surface area contributed by atoms with Gasteiger partial charge in [0.05, 0.1) is 97.6 Å². The lowest BCUT2D eigenvalue weighted by Gasteiger charge is -2.14. The Morgan fingerprint density at radius 1 is 0.361 bits per heavy atom. The normalized spacial score (nSPS) is 11.9. The van der Waals surface area contributed by atoms with Crippen LogP contribution in [0.4, 0.5) is 0 Å². The first kappa shape index (κ1) is 58.2. The lowest BCUT2D eigenvalue weighted by atomic mass is 10.0. The van der Waals surface area contributed by atoms with Crippen LogP contribution in [0.1, 0.15) is 85.2 Å². The lowest BCUT2D eigenvalue weighted by molar-refractivity contribution is 0.000276. The first-order valence-electron chi connectivity index (χ1n) is 24.0. The van der Waals surface area contributed by atoms with E-state index < -0.39 is 0 Å². The molecule has 3 atom stereocenters. The fraction of sp³-hybridized carbons (Fsp3) is 0.421. The van der Waals surface area contributed by atoms with E-state index in [-0.39, 0.29) is 36.0 Å². The van der Waals surface area contributed by atoms with Crippen molar-refractivity contribution >= 4 is 17.7 Å². The first-order chi connectivity index (χ1) is 35.1. The summed E-state index contributed by atoms with van der Waals surface area (Å²) in [5, 5.41) is 8.73. The van der Waals surface area contributed by atoms with Crippen molar-refractivity contribution in [1.82, 2.24) is 16.0 Å². The van der Waals surface area contributed by atoms with Gasteiger partial charge in [0.25, 0.3) is 17.7 Å². The van der Waals surface area contributed by atoms with Crippen LogP contribution in [0.25, 0.3) is 0 Å². The van der Waals surface area contributed by atoms with Crippen LogP contribution in [0.2, 0.25) is 0 Å². The SMILES string of the molecule is COCCOCCO[C@H](C)CNC(=O)c1ccc(C#Cc2cc(C#Cc3ccc(C(=O)NC[C@@H](C)OCCOCCOC)cc3)cc(C#Cc3ccc(C(=O)NC[C@@H](C)OCCOCCOC)cc3)c2)cc1. The molecule has 0 unspecified atom stereocenters.